The van der Waals surface area contributed by atoms with Crippen molar-refractivity contribution in [1.82, 2.24) is 9.78 Å². The van der Waals surface area contributed by atoms with Gasteiger partial charge in [-0.05, 0) is 23.3 Å². The minimum atomic E-state index is 0.680. The van der Waals surface area contributed by atoms with E-state index in [1.807, 2.05) is 31.6 Å². The molecule has 0 aliphatic heterocycles. The van der Waals surface area contributed by atoms with Crippen molar-refractivity contribution >= 4 is 15.9 Å². The van der Waals surface area contributed by atoms with Crippen LogP contribution in [0.1, 0.15) is 11.1 Å². The normalized spacial score (nSPS) is 10.5. The van der Waals surface area contributed by atoms with Crippen LogP contribution in [-0.2, 0) is 18.8 Å². The maximum Gasteiger partial charge on any atom is 0.119 e. The fourth-order valence-electron chi connectivity index (χ4n) is 1.56. The van der Waals surface area contributed by atoms with Gasteiger partial charge in [-0.2, -0.15) is 5.10 Å². The third-order valence-electron chi connectivity index (χ3n) is 2.50. The maximum absolute atomic E-state index is 5.67. The zero-order valence-corrected chi connectivity index (χ0v) is 11.4. The largest absolute Gasteiger partial charge is 0.493 e. The van der Waals surface area contributed by atoms with Crippen molar-refractivity contribution in [2.75, 3.05) is 6.61 Å². The van der Waals surface area contributed by atoms with Crippen molar-refractivity contribution in [2.45, 2.75) is 11.8 Å². The number of benzene rings is 1. The summed E-state index contributed by atoms with van der Waals surface area (Å²) in [4.78, 5) is 0. The lowest BCUT2D eigenvalue weighted by atomic mass is 10.2. The van der Waals surface area contributed by atoms with Gasteiger partial charge in [-0.25, -0.2) is 0 Å². The number of aryl methyl sites for hydroxylation is 1. The highest BCUT2D eigenvalue weighted by Gasteiger charge is 1.98. The van der Waals surface area contributed by atoms with Gasteiger partial charge < -0.3 is 4.74 Å². The molecule has 0 atom stereocenters. The number of hydrogen-bond acceptors (Lipinski definition) is 2. The molecule has 0 saturated heterocycles. The molecule has 17 heavy (non-hydrogen) atoms. The quantitative estimate of drug-likeness (QED) is 0.793. The zero-order chi connectivity index (χ0) is 12.1. The SMILES string of the molecule is Cn1cc(CCOc2ccc(CBr)cc2)cn1. The van der Waals surface area contributed by atoms with Crippen LogP contribution < -0.4 is 4.74 Å². The van der Waals surface area contributed by atoms with E-state index in [2.05, 4.69) is 33.2 Å². The molecule has 3 nitrogen and oxygen atoms in total. The Balaban J connectivity index is 1.81. The first-order valence-electron chi connectivity index (χ1n) is 5.53. The Hall–Kier alpha value is -1.29. The summed E-state index contributed by atoms with van der Waals surface area (Å²) in [6, 6.07) is 8.13. The highest BCUT2D eigenvalue weighted by atomic mass is 79.9. The van der Waals surface area contributed by atoms with Gasteiger partial charge in [0, 0.05) is 25.0 Å². The summed E-state index contributed by atoms with van der Waals surface area (Å²) in [5.41, 5.74) is 2.45. The number of halogens is 1. The Morgan fingerprint density at radius 2 is 2.00 bits per heavy atom. The van der Waals surface area contributed by atoms with E-state index < -0.39 is 0 Å². The van der Waals surface area contributed by atoms with Gasteiger partial charge in [0.1, 0.15) is 5.75 Å². The third kappa shape index (κ3) is 3.60. The average molecular weight is 295 g/mol. The van der Waals surface area contributed by atoms with Crippen molar-refractivity contribution < 1.29 is 4.74 Å². The predicted molar refractivity (Wildman–Crippen MR) is 71.5 cm³/mol. The number of nitrogens with zero attached hydrogens (tertiary/aromatic N) is 2. The molecule has 0 aliphatic rings. The molecule has 0 spiro atoms. The van der Waals surface area contributed by atoms with Crippen LogP contribution in [0.2, 0.25) is 0 Å². The summed E-state index contributed by atoms with van der Waals surface area (Å²) >= 11 is 3.42. The molecule has 0 saturated carbocycles. The molecule has 1 aromatic heterocycles. The Kier molecular flexibility index (Phi) is 4.20. The van der Waals surface area contributed by atoms with Crippen LogP contribution in [0.5, 0.6) is 5.75 Å². The van der Waals surface area contributed by atoms with E-state index in [1.54, 1.807) is 4.68 Å². The smallest absolute Gasteiger partial charge is 0.119 e. The molecule has 1 heterocycles. The molecule has 0 bridgehead atoms. The van der Waals surface area contributed by atoms with E-state index in [4.69, 9.17) is 4.74 Å². The molecule has 2 rings (SSSR count). The average Bonchev–Trinajstić information content (AvgIpc) is 2.76. The molecule has 2 aromatic rings. The molecule has 90 valence electrons. The van der Waals surface area contributed by atoms with Gasteiger partial charge in [-0.3, -0.25) is 4.68 Å². The Bertz CT molecular complexity index is 465. The fourth-order valence-corrected chi connectivity index (χ4v) is 1.94. The van der Waals surface area contributed by atoms with Crippen LogP contribution in [0.3, 0.4) is 0 Å². The summed E-state index contributed by atoms with van der Waals surface area (Å²) in [7, 11) is 1.92. The van der Waals surface area contributed by atoms with Crippen LogP contribution in [0.4, 0.5) is 0 Å². The number of aromatic nitrogens is 2. The van der Waals surface area contributed by atoms with Gasteiger partial charge in [0.25, 0.3) is 0 Å². The van der Waals surface area contributed by atoms with Gasteiger partial charge in [0.05, 0.1) is 12.8 Å². The molecular weight excluding hydrogens is 280 g/mol. The summed E-state index contributed by atoms with van der Waals surface area (Å²) in [6.45, 7) is 0.680. The molecule has 0 radical (unpaired) electrons. The second-order valence-corrected chi connectivity index (χ2v) is 4.46. The number of hydrogen-bond donors (Lipinski definition) is 0. The van der Waals surface area contributed by atoms with Crippen molar-refractivity contribution in [2.24, 2.45) is 7.05 Å². The van der Waals surface area contributed by atoms with E-state index >= 15 is 0 Å². The summed E-state index contributed by atoms with van der Waals surface area (Å²) in [6.07, 6.45) is 4.77. The van der Waals surface area contributed by atoms with Gasteiger partial charge in [0.2, 0.25) is 0 Å². The van der Waals surface area contributed by atoms with Gasteiger partial charge in [0.15, 0.2) is 0 Å². The standard InChI is InChI=1S/C13H15BrN2O/c1-16-10-12(9-15-16)6-7-17-13-4-2-11(8-14)3-5-13/h2-5,9-10H,6-8H2,1H3. The highest BCUT2D eigenvalue weighted by Crippen LogP contribution is 2.14. The number of rotatable bonds is 5. The maximum atomic E-state index is 5.67. The first-order valence-corrected chi connectivity index (χ1v) is 6.65. The molecule has 4 heteroatoms. The molecule has 0 fully saturated rings. The first kappa shape index (κ1) is 12.2. The van der Waals surface area contributed by atoms with Crippen molar-refractivity contribution in [3.8, 4) is 5.75 Å². The molecule has 1 aromatic carbocycles. The second kappa shape index (κ2) is 5.87. The molecule has 0 aliphatic carbocycles. The van der Waals surface area contributed by atoms with Gasteiger partial charge >= 0.3 is 0 Å². The minimum absolute atomic E-state index is 0.680. The van der Waals surface area contributed by atoms with Crippen LogP contribution in [0.15, 0.2) is 36.7 Å². The topological polar surface area (TPSA) is 27.1 Å². The molecule has 0 N–H and O–H groups in total. The minimum Gasteiger partial charge on any atom is -0.493 e. The molecule has 0 amide bonds. The van der Waals surface area contributed by atoms with E-state index in [0.717, 1.165) is 17.5 Å². The zero-order valence-electron chi connectivity index (χ0n) is 9.77. The Morgan fingerprint density at radius 3 is 2.59 bits per heavy atom. The number of ether oxygens (including phenoxy) is 1. The van der Waals surface area contributed by atoms with E-state index in [-0.39, 0.29) is 0 Å². The summed E-state index contributed by atoms with van der Waals surface area (Å²) in [5, 5.41) is 5.00. The summed E-state index contributed by atoms with van der Waals surface area (Å²) < 4.78 is 7.47. The van der Waals surface area contributed by atoms with Gasteiger partial charge in [-0.1, -0.05) is 28.1 Å². The van der Waals surface area contributed by atoms with E-state index in [0.29, 0.717) is 6.61 Å². The number of alkyl halides is 1. The monoisotopic (exact) mass is 294 g/mol. The van der Waals surface area contributed by atoms with Crippen molar-refractivity contribution in [3.05, 3.63) is 47.8 Å². The lowest BCUT2D eigenvalue weighted by molar-refractivity contribution is 0.322. The Morgan fingerprint density at radius 1 is 1.24 bits per heavy atom. The van der Waals surface area contributed by atoms with Crippen LogP contribution in [0.25, 0.3) is 0 Å². The second-order valence-electron chi connectivity index (χ2n) is 3.90. The summed E-state index contributed by atoms with van der Waals surface area (Å²) in [5.74, 6) is 0.915. The third-order valence-corrected chi connectivity index (χ3v) is 3.14. The van der Waals surface area contributed by atoms with Crippen molar-refractivity contribution in [3.63, 3.8) is 0 Å². The molecular formula is C13H15BrN2O. The van der Waals surface area contributed by atoms with E-state index in [1.165, 1.54) is 11.1 Å². The van der Waals surface area contributed by atoms with Crippen LogP contribution in [0, 0.1) is 0 Å². The van der Waals surface area contributed by atoms with Crippen LogP contribution >= 0.6 is 15.9 Å². The van der Waals surface area contributed by atoms with Crippen molar-refractivity contribution in [1.29, 1.82) is 0 Å². The lowest BCUT2D eigenvalue weighted by Crippen LogP contribution is -2.00. The lowest BCUT2D eigenvalue weighted by Gasteiger charge is -2.05. The Labute approximate surface area is 110 Å². The first-order chi connectivity index (χ1) is 8.28. The predicted octanol–water partition coefficient (Wildman–Crippen LogP) is 2.94. The fraction of sp³-hybridized carbons (Fsp3) is 0.308. The van der Waals surface area contributed by atoms with Crippen LogP contribution in [-0.4, -0.2) is 16.4 Å². The van der Waals surface area contributed by atoms with E-state index in [9.17, 15) is 0 Å². The molecule has 0 unspecified atom stereocenters. The van der Waals surface area contributed by atoms with Gasteiger partial charge in [-0.15, -0.1) is 0 Å². The highest BCUT2D eigenvalue weighted by molar-refractivity contribution is 9.08.